The van der Waals surface area contributed by atoms with E-state index in [0.717, 1.165) is 4.90 Å². The average molecular weight is 257 g/mol. The summed E-state index contributed by atoms with van der Waals surface area (Å²) in [4.78, 5) is 12.0. The number of alkyl halides is 2. The lowest BCUT2D eigenvalue weighted by molar-refractivity contribution is -0.113. The number of fused-ring (bicyclic) bond motifs is 1. The van der Waals surface area contributed by atoms with Crippen LogP contribution in [0.1, 0.15) is 19.4 Å². The Kier molecular flexibility index (Phi) is 3.12. The number of nitrogens with one attached hydrogen (secondary N) is 1. The van der Waals surface area contributed by atoms with Gasteiger partial charge >= 0.3 is 0 Å². The van der Waals surface area contributed by atoms with Crippen LogP contribution in [-0.2, 0) is 10.7 Å². The molecule has 1 heterocycles. The van der Waals surface area contributed by atoms with E-state index in [9.17, 15) is 13.6 Å². The third-order valence-electron chi connectivity index (χ3n) is 2.72. The van der Waals surface area contributed by atoms with Gasteiger partial charge in [-0.15, -0.1) is 11.8 Å². The Hall–Kier alpha value is -1.10. The van der Waals surface area contributed by atoms with Crippen molar-refractivity contribution in [3.63, 3.8) is 0 Å². The molecule has 17 heavy (non-hydrogen) atoms. The maximum Gasteiger partial charge on any atom is 0.275 e. The standard InChI is InChI=1S/C12H13F2NOS/c1-7(2)12(13,14)8-3-4-10-9(5-8)15-11(16)6-17-10/h3-5,7H,6H2,1-2H3,(H,15,16). The number of hydrogen-bond donors (Lipinski definition) is 1. The summed E-state index contributed by atoms with van der Waals surface area (Å²) in [7, 11) is 0. The van der Waals surface area contributed by atoms with Gasteiger partial charge in [0.05, 0.1) is 11.4 Å². The lowest BCUT2D eigenvalue weighted by atomic mass is 9.97. The molecule has 0 saturated heterocycles. The van der Waals surface area contributed by atoms with Crippen LogP contribution in [0.15, 0.2) is 23.1 Å². The van der Waals surface area contributed by atoms with Gasteiger partial charge in [0.2, 0.25) is 5.91 Å². The minimum absolute atomic E-state index is 0.0472. The van der Waals surface area contributed by atoms with Gasteiger partial charge in [-0.25, -0.2) is 8.78 Å². The first-order valence-electron chi connectivity index (χ1n) is 5.36. The molecular weight excluding hydrogens is 244 g/mol. The Labute approximate surface area is 103 Å². The molecule has 0 radical (unpaired) electrons. The molecule has 0 aromatic heterocycles. The van der Waals surface area contributed by atoms with Crippen molar-refractivity contribution in [2.45, 2.75) is 24.7 Å². The van der Waals surface area contributed by atoms with Crippen molar-refractivity contribution in [3.8, 4) is 0 Å². The number of carbonyl (C=O) groups excluding carboxylic acids is 1. The highest BCUT2D eigenvalue weighted by molar-refractivity contribution is 8.00. The molecule has 0 unspecified atom stereocenters. The molecular formula is C12H13F2NOS. The number of rotatable bonds is 2. The molecule has 1 N–H and O–H groups in total. The van der Waals surface area contributed by atoms with Gasteiger partial charge in [0.15, 0.2) is 0 Å². The van der Waals surface area contributed by atoms with Crippen molar-refractivity contribution in [1.29, 1.82) is 0 Å². The van der Waals surface area contributed by atoms with Gasteiger partial charge < -0.3 is 5.32 Å². The van der Waals surface area contributed by atoms with E-state index >= 15 is 0 Å². The van der Waals surface area contributed by atoms with E-state index in [1.807, 2.05) is 0 Å². The third kappa shape index (κ3) is 2.29. The Balaban J connectivity index is 2.39. The Morgan fingerprint density at radius 1 is 1.41 bits per heavy atom. The highest BCUT2D eigenvalue weighted by Gasteiger charge is 2.36. The van der Waals surface area contributed by atoms with Crippen LogP contribution in [0, 0.1) is 5.92 Å². The van der Waals surface area contributed by atoms with Gasteiger partial charge in [-0.1, -0.05) is 19.9 Å². The highest BCUT2D eigenvalue weighted by atomic mass is 32.2. The SMILES string of the molecule is CC(C)C(F)(F)c1ccc2c(c1)NC(=O)CS2. The van der Waals surface area contributed by atoms with Crippen LogP contribution < -0.4 is 5.32 Å². The number of hydrogen-bond acceptors (Lipinski definition) is 2. The largest absolute Gasteiger partial charge is 0.324 e. The summed E-state index contributed by atoms with van der Waals surface area (Å²) in [6, 6.07) is 4.45. The molecule has 1 aliphatic heterocycles. The van der Waals surface area contributed by atoms with Crippen LogP contribution in [-0.4, -0.2) is 11.7 Å². The first-order valence-corrected chi connectivity index (χ1v) is 6.35. The lowest BCUT2D eigenvalue weighted by Gasteiger charge is -2.23. The van der Waals surface area contributed by atoms with Gasteiger partial charge in [0, 0.05) is 16.4 Å². The second-order valence-electron chi connectivity index (χ2n) is 4.33. The second kappa shape index (κ2) is 4.29. The van der Waals surface area contributed by atoms with Crippen molar-refractivity contribution < 1.29 is 13.6 Å². The summed E-state index contributed by atoms with van der Waals surface area (Å²) < 4.78 is 27.7. The lowest BCUT2D eigenvalue weighted by Crippen LogP contribution is -2.23. The van der Waals surface area contributed by atoms with E-state index in [4.69, 9.17) is 0 Å². The van der Waals surface area contributed by atoms with Gasteiger partial charge in [0.1, 0.15) is 0 Å². The van der Waals surface area contributed by atoms with Crippen molar-refractivity contribution in [2.75, 3.05) is 11.1 Å². The summed E-state index contributed by atoms with van der Waals surface area (Å²) in [6.45, 7) is 2.96. The molecule has 1 aromatic carbocycles. The molecule has 1 amide bonds. The van der Waals surface area contributed by atoms with E-state index in [2.05, 4.69) is 5.32 Å². The van der Waals surface area contributed by atoms with Crippen LogP contribution in [0.2, 0.25) is 0 Å². The second-order valence-corrected chi connectivity index (χ2v) is 5.34. The average Bonchev–Trinajstić information content (AvgIpc) is 2.27. The predicted octanol–water partition coefficient (Wildman–Crippen LogP) is 3.48. The number of benzene rings is 1. The number of anilines is 1. The van der Waals surface area contributed by atoms with Crippen LogP contribution in [0.5, 0.6) is 0 Å². The minimum Gasteiger partial charge on any atom is -0.324 e. The third-order valence-corrected chi connectivity index (χ3v) is 3.80. The zero-order valence-corrected chi connectivity index (χ0v) is 10.4. The molecule has 92 valence electrons. The van der Waals surface area contributed by atoms with Gasteiger partial charge in [-0.2, -0.15) is 0 Å². The fourth-order valence-corrected chi connectivity index (χ4v) is 2.41. The molecule has 2 nitrogen and oxygen atoms in total. The first-order chi connectivity index (χ1) is 7.91. The van der Waals surface area contributed by atoms with Crippen molar-refractivity contribution in [1.82, 2.24) is 0 Å². The summed E-state index contributed by atoms with van der Waals surface area (Å²) in [5.41, 5.74) is 0.443. The molecule has 0 spiro atoms. The number of halogens is 2. The maximum atomic E-state index is 13.8. The minimum atomic E-state index is -2.87. The molecule has 0 fully saturated rings. The van der Waals surface area contributed by atoms with Gasteiger partial charge in [0.25, 0.3) is 5.92 Å². The Bertz CT molecular complexity index is 460. The number of carbonyl (C=O) groups is 1. The topological polar surface area (TPSA) is 29.1 Å². The predicted molar refractivity (Wildman–Crippen MR) is 64.5 cm³/mol. The van der Waals surface area contributed by atoms with E-state index in [1.54, 1.807) is 6.07 Å². The maximum absolute atomic E-state index is 13.8. The first kappa shape index (κ1) is 12.4. The molecule has 0 saturated carbocycles. The summed E-state index contributed by atoms with van der Waals surface area (Å²) >= 11 is 1.37. The van der Waals surface area contributed by atoms with Crippen molar-refractivity contribution >= 4 is 23.4 Å². The van der Waals surface area contributed by atoms with Crippen LogP contribution >= 0.6 is 11.8 Å². The highest BCUT2D eigenvalue weighted by Crippen LogP contribution is 2.40. The smallest absolute Gasteiger partial charge is 0.275 e. The van der Waals surface area contributed by atoms with Crippen LogP contribution in [0.25, 0.3) is 0 Å². The van der Waals surface area contributed by atoms with Crippen molar-refractivity contribution in [3.05, 3.63) is 23.8 Å². The summed E-state index contributed by atoms with van der Waals surface area (Å²) in [6.07, 6.45) is 0. The summed E-state index contributed by atoms with van der Waals surface area (Å²) in [5, 5.41) is 2.62. The zero-order chi connectivity index (χ0) is 12.6. The van der Waals surface area contributed by atoms with E-state index < -0.39 is 11.8 Å². The Morgan fingerprint density at radius 2 is 2.12 bits per heavy atom. The van der Waals surface area contributed by atoms with E-state index in [-0.39, 0.29) is 11.5 Å². The fraction of sp³-hybridized carbons (Fsp3) is 0.417. The summed E-state index contributed by atoms with van der Waals surface area (Å²) in [5.74, 6) is -3.45. The molecule has 0 bridgehead atoms. The number of amides is 1. The normalized spacial score (nSPS) is 15.7. The Morgan fingerprint density at radius 3 is 2.76 bits per heavy atom. The molecule has 5 heteroatoms. The van der Waals surface area contributed by atoms with E-state index in [1.165, 1.54) is 37.7 Å². The molecule has 0 atom stereocenters. The van der Waals surface area contributed by atoms with Gasteiger partial charge in [-0.3, -0.25) is 4.79 Å². The molecule has 2 rings (SSSR count). The monoisotopic (exact) mass is 257 g/mol. The quantitative estimate of drug-likeness (QED) is 0.878. The van der Waals surface area contributed by atoms with Gasteiger partial charge in [-0.05, 0) is 12.1 Å². The fourth-order valence-electron chi connectivity index (χ4n) is 1.62. The number of thioether (sulfide) groups is 1. The van der Waals surface area contributed by atoms with Crippen molar-refractivity contribution in [2.24, 2.45) is 5.92 Å². The zero-order valence-electron chi connectivity index (χ0n) is 9.59. The molecule has 1 aliphatic rings. The van der Waals surface area contributed by atoms with Crippen LogP contribution in [0.4, 0.5) is 14.5 Å². The molecule has 0 aliphatic carbocycles. The molecule has 1 aromatic rings. The van der Waals surface area contributed by atoms with E-state index in [0.29, 0.717) is 11.4 Å². The van der Waals surface area contributed by atoms with Crippen LogP contribution in [0.3, 0.4) is 0 Å².